The molecule has 0 fully saturated rings. The maximum absolute atomic E-state index is 12.1. The van der Waals surface area contributed by atoms with E-state index in [1.54, 1.807) is 34.6 Å². The number of ether oxygens (including phenoxy) is 1. The maximum Gasteiger partial charge on any atom is 0.324 e. The molecule has 0 aliphatic heterocycles. The Morgan fingerprint density at radius 3 is 2.00 bits per heavy atom. The van der Waals surface area contributed by atoms with Crippen LogP contribution in [-0.2, 0) is 19.7 Å². The summed E-state index contributed by atoms with van der Waals surface area (Å²) < 4.78 is 32.3. The zero-order valence-electron chi connectivity index (χ0n) is 12.1. The molecule has 1 unspecified atom stereocenters. The minimum atomic E-state index is -3.71. The van der Waals surface area contributed by atoms with E-state index >= 15 is 0 Å². The summed E-state index contributed by atoms with van der Waals surface area (Å²) in [4.78, 5) is 11.7. The molecule has 6 nitrogen and oxygen atoms in total. The first-order valence-corrected chi connectivity index (χ1v) is 7.20. The van der Waals surface area contributed by atoms with Crippen molar-refractivity contribution < 1.29 is 17.9 Å². The van der Waals surface area contributed by atoms with Gasteiger partial charge in [0.1, 0.15) is 6.04 Å². The molecule has 1 N–H and O–H groups in total. The van der Waals surface area contributed by atoms with Crippen LogP contribution in [-0.4, -0.2) is 44.9 Å². The summed E-state index contributed by atoms with van der Waals surface area (Å²) >= 11 is 0. The van der Waals surface area contributed by atoms with Crippen LogP contribution in [0.5, 0.6) is 0 Å². The van der Waals surface area contributed by atoms with Crippen LogP contribution >= 0.6 is 0 Å². The van der Waals surface area contributed by atoms with Gasteiger partial charge in [0.25, 0.3) is 10.2 Å². The lowest BCUT2D eigenvalue weighted by atomic mass is 9.87. The maximum atomic E-state index is 12.1. The second-order valence-electron chi connectivity index (χ2n) is 5.56. The molecule has 7 heteroatoms. The Kier molecular flexibility index (Phi) is 5.77. The van der Waals surface area contributed by atoms with Gasteiger partial charge in [0, 0.05) is 13.1 Å². The molecule has 0 spiro atoms. The minimum Gasteiger partial charge on any atom is -0.468 e. The van der Waals surface area contributed by atoms with E-state index in [-0.39, 0.29) is 6.04 Å². The summed E-state index contributed by atoms with van der Waals surface area (Å²) in [6, 6.07) is -1.12. The fourth-order valence-corrected chi connectivity index (χ4v) is 2.67. The predicted octanol–water partition coefficient (Wildman–Crippen LogP) is 0.749. The first-order valence-electron chi connectivity index (χ1n) is 5.76. The van der Waals surface area contributed by atoms with E-state index in [0.717, 1.165) is 0 Å². The summed E-state index contributed by atoms with van der Waals surface area (Å²) in [6.07, 6.45) is 0. The lowest BCUT2D eigenvalue weighted by Gasteiger charge is -2.31. The number of carbonyl (C=O) groups excluding carboxylic acids is 1. The SMILES string of the molecule is COC(=O)C(NS(=O)(=O)N(C)C(C)C)C(C)(C)C. The van der Waals surface area contributed by atoms with Crippen LogP contribution in [0.2, 0.25) is 0 Å². The van der Waals surface area contributed by atoms with Gasteiger partial charge in [0.2, 0.25) is 0 Å². The quantitative estimate of drug-likeness (QED) is 0.754. The van der Waals surface area contributed by atoms with Gasteiger partial charge in [-0.15, -0.1) is 0 Å². The van der Waals surface area contributed by atoms with Crippen molar-refractivity contribution in [3.05, 3.63) is 0 Å². The van der Waals surface area contributed by atoms with Gasteiger partial charge in [-0.3, -0.25) is 4.79 Å². The number of nitrogens with zero attached hydrogens (tertiary/aromatic N) is 1. The molecule has 0 bridgehead atoms. The summed E-state index contributed by atoms with van der Waals surface area (Å²) in [5, 5.41) is 0. The molecular weight excluding hydrogens is 256 g/mol. The van der Waals surface area contributed by atoms with Crippen molar-refractivity contribution in [1.29, 1.82) is 0 Å². The minimum absolute atomic E-state index is 0.194. The largest absolute Gasteiger partial charge is 0.468 e. The lowest BCUT2D eigenvalue weighted by Crippen LogP contribution is -2.54. The average molecular weight is 280 g/mol. The second-order valence-corrected chi connectivity index (χ2v) is 7.32. The molecule has 0 saturated heterocycles. The van der Waals surface area contributed by atoms with Crippen LogP contribution in [0, 0.1) is 5.41 Å². The fraction of sp³-hybridized carbons (Fsp3) is 0.909. The van der Waals surface area contributed by atoms with Gasteiger partial charge in [-0.1, -0.05) is 20.8 Å². The molecule has 0 heterocycles. The Hall–Kier alpha value is -0.660. The van der Waals surface area contributed by atoms with Crippen molar-refractivity contribution >= 4 is 16.2 Å². The first kappa shape index (κ1) is 17.3. The van der Waals surface area contributed by atoms with E-state index in [0.29, 0.717) is 0 Å². The molecule has 0 aromatic heterocycles. The van der Waals surface area contributed by atoms with Crippen LogP contribution in [0.3, 0.4) is 0 Å². The van der Waals surface area contributed by atoms with E-state index in [9.17, 15) is 13.2 Å². The number of rotatable bonds is 5. The third-order valence-corrected chi connectivity index (χ3v) is 4.39. The molecule has 0 amide bonds. The van der Waals surface area contributed by atoms with Crippen molar-refractivity contribution in [3.8, 4) is 0 Å². The monoisotopic (exact) mass is 280 g/mol. The topological polar surface area (TPSA) is 75.7 Å². The summed E-state index contributed by atoms with van der Waals surface area (Å²) in [5.41, 5.74) is -0.571. The molecule has 0 radical (unpaired) electrons. The van der Waals surface area contributed by atoms with E-state index < -0.39 is 27.6 Å². The molecule has 0 aromatic carbocycles. The van der Waals surface area contributed by atoms with Crippen LogP contribution in [0.15, 0.2) is 0 Å². The standard InChI is InChI=1S/C11H24N2O4S/c1-8(2)13(6)18(15,16)12-9(10(14)17-7)11(3,4)5/h8-9,12H,1-7H3. The Morgan fingerprint density at radius 2 is 1.72 bits per heavy atom. The van der Waals surface area contributed by atoms with E-state index in [4.69, 9.17) is 0 Å². The number of esters is 1. The Bertz CT molecular complexity index is 384. The molecule has 0 aromatic rings. The van der Waals surface area contributed by atoms with Crippen LogP contribution < -0.4 is 4.72 Å². The molecule has 0 aliphatic carbocycles. The zero-order valence-corrected chi connectivity index (χ0v) is 13.0. The highest BCUT2D eigenvalue weighted by Crippen LogP contribution is 2.21. The fourth-order valence-electron chi connectivity index (χ4n) is 1.21. The third kappa shape index (κ3) is 4.55. The van der Waals surface area contributed by atoms with Gasteiger partial charge in [-0.25, -0.2) is 0 Å². The summed E-state index contributed by atoms with van der Waals surface area (Å²) in [5.74, 6) is -0.594. The number of hydrogen-bond acceptors (Lipinski definition) is 4. The molecule has 1 atom stereocenters. The Balaban J connectivity index is 5.18. The normalized spacial score (nSPS) is 14.9. The van der Waals surface area contributed by atoms with E-state index in [2.05, 4.69) is 9.46 Å². The van der Waals surface area contributed by atoms with Gasteiger partial charge in [-0.05, 0) is 19.3 Å². The average Bonchev–Trinajstić information content (AvgIpc) is 2.22. The lowest BCUT2D eigenvalue weighted by molar-refractivity contribution is -0.145. The zero-order chi connectivity index (χ0) is 14.7. The highest BCUT2D eigenvalue weighted by atomic mass is 32.2. The number of carbonyl (C=O) groups is 1. The van der Waals surface area contributed by atoms with Crippen molar-refractivity contribution in [2.24, 2.45) is 5.41 Å². The molecule has 0 saturated carbocycles. The Morgan fingerprint density at radius 1 is 1.28 bits per heavy atom. The summed E-state index contributed by atoms with van der Waals surface area (Å²) in [7, 11) is -1.01. The predicted molar refractivity (Wildman–Crippen MR) is 70.2 cm³/mol. The third-order valence-electron chi connectivity index (χ3n) is 2.68. The van der Waals surface area contributed by atoms with Crippen LogP contribution in [0.4, 0.5) is 0 Å². The summed E-state index contributed by atoms with van der Waals surface area (Å²) in [6.45, 7) is 8.82. The van der Waals surface area contributed by atoms with Crippen molar-refractivity contribution in [2.45, 2.75) is 46.7 Å². The molecule has 108 valence electrons. The Labute approximate surface area is 110 Å². The molecular formula is C11H24N2O4S. The van der Waals surface area contributed by atoms with Gasteiger partial charge in [0.05, 0.1) is 7.11 Å². The van der Waals surface area contributed by atoms with Gasteiger partial charge < -0.3 is 4.74 Å². The molecule has 0 aliphatic rings. The van der Waals surface area contributed by atoms with E-state index in [1.807, 2.05) is 0 Å². The second kappa shape index (κ2) is 5.99. The number of nitrogens with one attached hydrogen (secondary N) is 1. The van der Waals surface area contributed by atoms with Gasteiger partial charge in [-0.2, -0.15) is 17.4 Å². The molecule has 0 rings (SSSR count). The van der Waals surface area contributed by atoms with Crippen LogP contribution in [0.1, 0.15) is 34.6 Å². The number of methoxy groups -OCH3 is 1. The first-order chi connectivity index (χ1) is 7.93. The number of hydrogen-bond donors (Lipinski definition) is 1. The van der Waals surface area contributed by atoms with Gasteiger partial charge >= 0.3 is 5.97 Å². The smallest absolute Gasteiger partial charge is 0.324 e. The van der Waals surface area contributed by atoms with Crippen molar-refractivity contribution in [1.82, 2.24) is 9.03 Å². The highest BCUT2D eigenvalue weighted by molar-refractivity contribution is 7.87. The van der Waals surface area contributed by atoms with Crippen LogP contribution in [0.25, 0.3) is 0 Å². The van der Waals surface area contributed by atoms with Crippen molar-refractivity contribution in [3.63, 3.8) is 0 Å². The molecule has 18 heavy (non-hydrogen) atoms. The van der Waals surface area contributed by atoms with Gasteiger partial charge in [0.15, 0.2) is 0 Å². The van der Waals surface area contributed by atoms with E-state index in [1.165, 1.54) is 18.5 Å². The highest BCUT2D eigenvalue weighted by Gasteiger charge is 2.37. The van der Waals surface area contributed by atoms with Crippen molar-refractivity contribution in [2.75, 3.05) is 14.2 Å².